The molecule has 1 N–H and O–H groups in total. The van der Waals surface area contributed by atoms with Crippen LogP contribution >= 0.6 is 11.8 Å². The van der Waals surface area contributed by atoms with Gasteiger partial charge in [-0.25, -0.2) is 0 Å². The summed E-state index contributed by atoms with van der Waals surface area (Å²) in [7, 11) is 0. The Morgan fingerprint density at radius 2 is 2.57 bits per heavy atom. The molecule has 0 aromatic heterocycles. The Kier molecular flexibility index (Phi) is 4.77. The highest BCUT2D eigenvalue weighted by Crippen LogP contribution is 2.18. The van der Waals surface area contributed by atoms with Gasteiger partial charge in [-0.15, -0.1) is 4.99 Å². The molecule has 1 rings (SSSR count). The van der Waals surface area contributed by atoms with Gasteiger partial charge in [-0.3, -0.25) is 0 Å². The molecule has 0 aromatic carbocycles. The fourth-order valence-corrected chi connectivity index (χ4v) is 2.23. The van der Waals surface area contributed by atoms with Gasteiger partial charge in [-0.1, -0.05) is 11.8 Å². The molecule has 1 saturated heterocycles. The average Bonchev–Trinajstić information content (AvgIpc) is 2.26. The molecule has 5 heteroatoms. The molecule has 1 heterocycles. The van der Waals surface area contributed by atoms with Gasteiger partial charge in [0, 0.05) is 19.7 Å². The lowest BCUT2D eigenvalue weighted by atomic mass is 10.00. The molecule has 1 aliphatic rings. The summed E-state index contributed by atoms with van der Waals surface area (Å²) < 4.78 is 0. The largest absolute Gasteiger partial charge is 0.396 e. The standard InChI is InChI=1S/C9H15N3OS/c1-14-9(11-7-10)12-4-2-3-8(5-12)6-13/h8,13H,2-6H2,1H3. The predicted octanol–water partition coefficient (Wildman–Crippen LogP) is 0.891. The lowest BCUT2D eigenvalue weighted by molar-refractivity contribution is 0.162. The first-order valence-corrected chi connectivity index (χ1v) is 5.90. The number of nitrogens with zero attached hydrogens (tertiary/aromatic N) is 3. The summed E-state index contributed by atoms with van der Waals surface area (Å²) in [6.07, 6.45) is 5.86. The Balaban J connectivity index is 2.58. The van der Waals surface area contributed by atoms with E-state index in [9.17, 15) is 0 Å². The highest BCUT2D eigenvalue weighted by Gasteiger charge is 2.21. The minimum atomic E-state index is 0.227. The second-order valence-corrected chi connectivity index (χ2v) is 4.11. The van der Waals surface area contributed by atoms with Crippen molar-refractivity contribution in [2.75, 3.05) is 26.0 Å². The van der Waals surface area contributed by atoms with E-state index in [1.54, 1.807) is 0 Å². The number of aliphatic hydroxyl groups is 1. The van der Waals surface area contributed by atoms with Gasteiger partial charge in [0.25, 0.3) is 0 Å². The van der Waals surface area contributed by atoms with Crippen LogP contribution in [0.3, 0.4) is 0 Å². The number of aliphatic imine (C=N–C) groups is 1. The van der Waals surface area contributed by atoms with E-state index in [1.807, 2.05) is 12.4 Å². The Hall–Kier alpha value is -0.730. The molecule has 14 heavy (non-hydrogen) atoms. The van der Waals surface area contributed by atoms with E-state index in [0.717, 1.165) is 31.1 Å². The van der Waals surface area contributed by atoms with Crippen LogP contribution in [0.15, 0.2) is 4.99 Å². The van der Waals surface area contributed by atoms with Crippen molar-refractivity contribution in [3.05, 3.63) is 0 Å². The summed E-state index contributed by atoms with van der Waals surface area (Å²) in [5.74, 6) is 0.333. The number of rotatable bonds is 1. The highest BCUT2D eigenvalue weighted by molar-refractivity contribution is 8.13. The molecule has 1 atom stereocenters. The first-order chi connectivity index (χ1) is 6.81. The summed E-state index contributed by atoms with van der Waals surface area (Å²) >= 11 is 1.49. The molecule has 4 nitrogen and oxygen atoms in total. The molecular weight excluding hydrogens is 198 g/mol. The van der Waals surface area contributed by atoms with Crippen LogP contribution in [0.1, 0.15) is 12.8 Å². The van der Waals surface area contributed by atoms with Crippen LogP contribution in [-0.2, 0) is 0 Å². The molecule has 0 aliphatic carbocycles. The molecule has 0 bridgehead atoms. The van der Waals surface area contributed by atoms with Gasteiger partial charge in [0.1, 0.15) is 0 Å². The highest BCUT2D eigenvalue weighted by atomic mass is 32.2. The van der Waals surface area contributed by atoms with Gasteiger partial charge in [0.2, 0.25) is 6.19 Å². The van der Waals surface area contributed by atoms with Gasteiger partial charge < -0.3 is 10.0 Å². The molecule has 1 unspecified atom stereocenters. The average molecular weight is 213 g/mol. The minimum absolute atomic E-state index is 0.227. The normalized spacial score (nSPS) is 23.4. The number of thioether (sulfide) groups is 1. The molecule has 0 spiro atoms. The van der Waals surface area contributed by atoms with Crippen molar-refractivity contribution in [3.63, 3.8) is 0 Å². The van der Waals surface area contributed by atoms with Crippen molar-refractivity contribution in [3.8, 4) is 6.19 Å². The Labute approximate surface area is 88.6 Å². The van der Waals surface area contributed by atoms with Crippen molar-refractivity contribution < 1.29 is 5.11 Å². The van der Waals surface area contributed by atoms with E-state index in [1.165, 1.54) is 11.8 Å². The summed E-state index contributed by atoms with van der Waals surface area (Å²) in [6.45, 7) is 1.99. The molecule has 1 fully saturated rings. The maximum atomic E-state index is 9.05. The van der Waals surface area contributed by atoms with Crippen molar-refractivity contribution in [1.82, 2.24) is 4.90 Å². The first kappa shape index (κ1) is 11.3. The monoisotopic (exact) mass is 213 g/mol. The topological polar surface area (TPSA) is 59.6 Å². The molecule has 0 amide bonds. The summed E-state index contributed by atoms with van der Waals surface area (Å²) in [5.41, 5.74) is 0. The van der Waals surface area contributed by atoms with Crippen LogP contribution in [0.2, 0.25) is 0 Å². The van der Waals surface area contributed by atoms with Crippen LogP contribution in [0, 0.1) is 17.4 Å². The second-order valence-electron chi connectivity index (χ2n) is 3.34. The predicted molar refractivity (Wildman–Crippen MR) is 57.9 cm³/mol. The zero-order chi connectivity index (χ0) is 10.4. The zero-order valence-electron chi connectivity index (χ0n) is 8.31. The molecule has 0 radical (unpaired) electrons. The fraction of sp³-hybridized carbons (Fsp3) is 0.778. The van der Waals surface area contributed by atoms with Crippen LogP contribution in [-0.4, -0.2) is 41.1 Å². The van der Waals surface area contributed by atoms with Gasteiger partial charge in [0.05, 0.1) is 0 Å². The SMILES string of the molecule is CSC(=NC#N)N1CCCC(CO)C1. The van der Waals surface area contributed by atoms with Gasteiger partial charge >= 0.3 is 0 Å². The van der Waals surface area contributed by atoms with Crippen LogP contribution in [0.25, 0.3) is 0 Å². The van der Waals surface area contributed by atoms with Crippen molar-refractivity contribution in [2.45, 2.75) is 12.8 Å². The van der Waals surface area contributed by atoms with Crippen molar-refractivity contribution >= 4 is 16.9 Å². The number of amidine groups is 1. The van der Waals surface area contributed by atoms with Gasteiger partial charge in [-0.2, -0.15) is 5.26 Å². The molecule has 0 saturated carbocycles. The number of hydrogen-bond acceptors (Lipinski definition) is 4. The number of nitriles is 1. The lowest BCUT2D eigenvalue weighted by Gasteiger charge is -2.32. The third kappa shape index (κ3) is 2.89. The fourth-order valence-electron chi connectivity index (χ4n) is 1.68. The number of aliphatic hydroxyl groups excluding tert-OH is 1. The number of piperidine rings is 1. The van der Waals surface area contributed by atoms with Crippen LogP contribution < -0.4 is 0 Å². The summed E-state index contributed by atoms with van der Waals surface area (Å²) in [6, 6.07) is 0. The van der Waals surface area contributed by atoms with E-state index in [4.69, 9.17) is 10.4 Å². The van der Waals surface area contributed by atoms with E-state index in [0.29, 0.717) is 5.92 Å². The van der Waals surface area contributed by atoms with E-state index in [-0.39, 0.29) is 6.61 Å². The Morgan fingerprint density at radius 3 is 3.14 bits per heavy atom. The Morgan fingerprint density at radius 1 is 1.79 bits per heavy atom. The molecule has 78 valence electrons. The van der Waals surface area contributed by atoms with Crippen molar-refractivity contribution in [1.29, 1.82) is 5.26 Å². The maximum Gasteiger partial charge on any atom is 0.208 e. The summed E-state index contributed by atoms with van der Waals surface area (Å²) in [4.78, 5) is 5.85. The third-order valence-electron chi connectivity index (χ3n) is 2.38. The molecule has 1 aliphatic heterocycles. The van der Waals surface area contributed by atoms with Crippen LogP contribution in [0.5, 0.6) is 0 Å². The lowest BCUT2D eigenvalue weighted by Crippen LogP contribution is -2.39. The smallest absolute Gasteiger partial charge is 0.208 e. The quantitative estimate of drug-likeness (QED) is 0.399. The van der Waals surface area contributed by atoms with Gasteiger partial charge in [0.15, 0.2) is 5.17 Å². The number of likely N-dealkylation sites (tertiary alicyclic amines) is 1. The van der Waals surface area contributed by atoms with Crippen LogP contribution in [0.4, 0.5) is 0 Å². The van der Waals surface area contributed by atoms with E-state index in [2.05, 4.69) is 9.89 Å². The van der Waals surface area contributed by atoms with Crippen molar-refractivity contribution in [2.24, 2.45) is 10.9 Å². The van der Waals surface area contributed by atoms with E-state index >= 15 is 0 Å². The summed E-state index contributed by atoms with van der Waals surface area (Å²) in [5, 5.41) is 18.3. The number of hydrogen-bond donors (Lipinski definition) is 1. The molecular formula is C9H15N3OS. The minimum Gasteiger partial charge on any atom is -0.396 e. The maximum absolute atomic E-state index is 9.05. The Bertz CT molecular complexity index is 249. The van der Waals surface area contributed by atoms with Gasteiger partial charge in [-0.05, 0) is 25.0 Å². The second kappa shape index (κ2) is 5.89. The zero-order valence-corrected chi connectivity index (χ0v) is 9.13. The first-order valence-electron chi connectivity index (χ1n) is 4.68. The third-order valence-corrected chi connectivity index (χ3v) is 3.09. The van der Waals surface area contributed by atoms with E-state index < -0.39 is 0 Å². The molecule has 0 aromatic rings.